The van der Waals surface area contributed by atoms with Gasteiger partial charge in [-0.1, -0.05) is 26.0 Å². The monoisotopic (exact) mass is 336 g/mol. The number of pyridine rings is 1. The Balaban J connectivity index is 1.79. The van der Waals surface area contributed by atoms with Gasteiger partial charge in [0, 0.05) is 36.4 Å². The molecule has 2 heterocycles. The summed E-state index contributed by atoms with van der Waals surface area (Å²) >= 11 is 0. The van der Waals surface area contributed by atoms with Crippen molar-refractivity contribution in [3.63, 3.8) is 0 Å². The van der Waals surface area contributed by atoms with E-state index in [4.69, 9.17) is 0 Å². The Morgan fingerprint density at radius 2 is 1.96 bits per heavy atom. The predicted octanol–water partition coefficient (Wildman–Crippen LogP) is 3.74. The van der Waals surface area contributed by atoms with Gasteiger partial charge in [0.05, 0.1) is 5.52 Å². The van der Waals surface area contributed by atoms with Gasteiger partial charge in [-0.15, -0.1) is 0 Å². The van der Waals surface area contributed by atoms with Crippen LogP contribution >= 0.6 is 0 Å². The maximum absolute atomic E-state index is 12.7. The zero-order valence-electron chi connectivity index (χ0n) is 15.2. The first-order chi connectivity index (χ1) is 12.0. The van der Waals surface area contributed by atoms with E-state index in [9.17, 15) is 4.79 Å². The summed E-state index contributed by atoms with van der Waals surface area (Å²) in [6.45, 7) is 8.61. The Kier molecular flexibility index (Phi) is 4.83. The number of amides is 1. The van der Waals surface area contributed by atoms with Gasteiger partial charge in [-0.25, -0.2) is 4.98 Å². The molecule has 0 spiro atoms. The third-order valence-corrected chi connectivity index (χ3v) is 4.58. The van der Waals surface area contributed by atoms with Crippen LogP contribution in [0.5, 0.6) is 0 Å². The molecule has 0 bridgehead atoms. The van der Waals surface area contributed by atoms with Crippen LogP contribution in [0.2, 0.25) is 0 Å². The summed E-state index contributed by atoms with van der Waals surface area (Å²) in [5.41, 5.74) is 3.21. The fourth-order valence-corrected chi connectivity index (χ4v) is 3.11. The van der Waals surface area contributed by atoms with Crippen molar-refractivity contribution in [1.29, 1.82) is 0 Å². The van der Waals surface area contributed by atoms with Crippen LogP contribution < -0.4 is 5.32 Å². The van der Waals surface area contributed by atoms with E-state index in [1.165, 1.54) is 0 Å². The molecule has 25 heavy (non-hydrogen) atoms. The minimum atomic E-state index is -0.298. The van der Waals surface area contributed by atoms with Crippen LogP contribution in [0.1, 0.15) is 49.7 Å². The van der Waals surface area contributed by atoms with E-state index in [1.807, 2.05) is 42.0 Å². The number of imidazole rings is 1. The number of nitrogens with one attached hydrogen (secondary N) is 1. The topological polar surface area (TPSA) is 59.8 Å². The van der Waals surface area contributed by atoms with Gasteiger partial charge in [0.2, 0.25) is 5.91 Å². The van der Waals surface area contributed by atoms with Gasteiger partial charge in [0.15, 0.2) is 0 Å². The summed E-state index contributed by atoms with van der Waals surface area (Å²) < 4.78 is 1.94. The number of hydrogen-bond donors (Lipinski definition) is 1. The smallest absolute Gasteiger partial charge is 0.243 e. The average molecular weight is 336 g/mol. The molecule has 0 saturated heterocycles. The van der Waals surface area contributed by atoms with E-state index >= 15 is 0 Å². The highest BCUT2D eigenvalue weighted by Gasteiger charge is 2.19. The van der Waals surface area contributed by atoms with E-state index in [-0.39, 0.29) is 17.9 Å². The Hall–Kier alpha value is -2.69. The second kappa shape index (κ2) is 7.05. The molecule has 0 unspecified atom stereocenters. The number of rotatable bonds is 5. The van der Waals surface area contributed by atoms with Crippen LogP contribution in [0.4, 0.5) is 0 Å². The molecule has 5 heteroatoms. The number of hydrogen-bond acceptors (Lipinski definition) is 3. The number of aryl methyl sites for hydroxylation is 1. The molecule has 3 rings (SSSR count). The van der Waals surface area contributed by atoms with E-state index < -0.39 is 0 Å². The Bertz CT molecular complexity index is 898. The molecular formula is C20H24N4O. The molecule has 130 valence electrons. The molecule has 0 aliphatic heterocycles. The van der Waals surface area contributed by atoms with Gasteiger partial charge in [-0.3, -0.25) is 9.78 Å². The van der Waals surface area contributed by atoms with Crippen LogP contribution in [-0.4, -0.2) is 20.4 Å². The van der Waals surface area contributed by atoms with Gasteiger partial charge in [-0.2, -0.15) is 0 Å². The van der Waals surface area contributed by atoms with Gasteiger partial charge >= 0.3 is 0 Å². The molecule has 0 radical (unpaired) electrons. The summed E-state index contributed by atoms with van der Waals surface area (Å²) in [4.78, 5) is 21.4. The SMILES string of the molecule is Cc1ccc2ncccc2c1CNC(=O)[C@@H](C)n1ccnc1C(C)C. The fraction of sp³-hybridized carbons (Fsp3) is 0.350. The maximum Gasteiger partial charge on any atom is 0.243 e. The number of fused-ring (bicyclic) bond motifs is 1. The lowest BCUT2D eigenvalue weighted by Gasteiger charge is -2.18. The minimum absolute atomic E-state index is 0.0137. The number of benzene rings is 1. The zero-order chi connectivity index (χ0) is 18.0. The molecule has 0 aliphatic rings. The first-order valence-corrected chi connectivity index (χ1v) is 8.62. The van der Waals surface area contributed by atoms with Crippen molar-refractivity contribution in [3.8, 4) is 0 Å². The largest absolute Gasteiger partial charge is 0.350 e. The van der Waals surface area contributed by atoms with E-state index in [1.54, 1.807) is 12.4 Å². The van der Waals surface area contributed by atoms with Crippen LogP contribution in [0.25, 0.3) is 10.9 Å². The quantitative estimate of drug-likeness (QED) is 0.772. The molecule has 5 nitrogen and oxygen atoms in total. The number of carbonyl (C=O) groups is 1. The molecule has 0 aliphatic carbocycles. The zero-order valence-corrected chi connectivity index (χ0v) is 15.2. The van der Waals surface area contributed by atoms with Crippen molar-refractivity contribution in [3.05, 3.63) is 59.8 Å². The summed E-state index contributed by atoms with van der Waals surface area (Å²) in [5, 5.41) is 4.16. The van der Waals surface area contributed by atoms with Crippen LogP contribution in [0, 0.1) is 6.92 Å². The Labute approximate surface area is 148 Å². The van der Waals surface area contributed by atoms with Crippen molar-refractivity contribution in [2.24, 2.45) is 0 Å². The van der Waals surface area contributed by atoms with Crippen molar-refractivity contribution >= 4 is 16.8 Å². The van der Waals surface area contributed by atoms with Crippen molar-refractivity contribution in [2.75, 3.05) is 0 Å². The average Bonchev–Trinajstić information content (AvgIpc) is 3.10. The fourth-order valence-electron chi connectivity index (χ4n) is 3.11. The van der Waals surface area contributed by atoms with Gasteiger partial charge in [0.25, 0.3) is 0 Å². The third-order valence-electron chi connectivity index (χ3n) is 4.58. The van der Waals surface area contributed by atoms with E-state index in [0.29, 0.717) is 6.54 Å². The molecule has 0 fully saturated rings. The minimum Gasteiger partial charge on any atom is -0.350 e. The van der Waals surface area contributed by atoms with Crippen molar-refractivity contribution in [1.82, 2.24) is 19.9 Å². The second-order valence-corrected chi connectivity index (χ2v) is 6.67. The highest BCUT2D eigenvalue weighted by molar-refractivity contribution is 5.84. The van der Waals surface area contributed by atoms with Gasteiger partial charge < -0.3 is 9.88 Å². The van der Waals surface area contributed by atoms with Crippen molar-refractivity contribution in [2.45, 2.75) is 46.2 Å². The third kappa shape index (κ3) is 3.40. The summed E-state index contributed by atoms with van der Waals surface area (Å²) in [5.74, 6) is 1.19. The highest BCUT2D eigenvalue weighted by atomic mass is 16.2. The van der Waals surface area contributed by atoms with Gasteiger partial charge in [0.1, 0.15) is 11.9 Å². The van der Waals surface area contributed by atoms with Crippen LogP contribution in [-0.2, 0) is 11.3 Å². The molecular weight excluding hydrogens is 312 g/mol. The van der Waals surface area contributed by atoms with Gasteiger partial charge in [-0.05, 0) is 37.1 Å². The number of carbonyl (C=O) groups excluding carboxylic acids is 1. The van der Waals surface area contributed by atoms with Crippen LogP contribution in [0.3, 0.4) is 0 Å². The highest BCUT2D eigenvalue weighted by Crippen LogP contribution is 2.21. The molecule has 1 amide bonds. The van der Waals surface area contributed by atoms with E-state index in [0.717, 1.165) is 27.9 Å². The maximum atomic E-state index is 12.7. The normalized spacial score (nSPS) is 12.5. The Morgan fingerprint density at radius 1 is 1.16 bits per heavy atom. The molecule has 2 aromatic heterocycles. The van der Waals surface area contributed by atoms with E-state index in [2.05, 4.69) is 36.1 Å². The molecule has 0 saturated carbocycles. The van der Waals surface area contributed by atoms with Crippen LogP contribution in [0.15, 0.2) is 42.9 Å². The summed E-state index contributed by atoms with van der Waals surface area (Å²) in [6.07, 6.45) is 5.40. The molecule has 3 aromatic rings. The lowest BCUT2D eigenvalue weighted by atomic mass is 10.0. The predicted molar refractivity (Wildman–Crippen MR) is 99.4 cm³/mol. The summed E-state index contributed by atoms with van der Waals surface area (Å²) in [6, 6.07) is 7.74. The standard InChI is InChI=1S/C20H24N4O/c1-13(2)19-22-10-11-24(19)15(4)20(25)23-12-17-14(3)7-8-18-16(17)6-5-9-21-18/h5-11,13,15H,12H2,1-4H3,(H,23,25)/t15-/m1/s1. The number of aromatic nitrogens is 3. The first kappa shape index (κ1) is 17.1. The Morgan fingerprint density at radius 3 is 2.72 bits per heavy atom. The van der Waals surface area contributed by atoms with Crippen molar-refractivity contribution < 1.29 is 4.79 Å². The second-order valence-electron chi connectivity index (χ2n) is 6.67. The number of nitrogens with zero attached hydrogens (tertiary/aromatic N) is 3. The lowest BCUT2D eigenvalue weighted by molar-refractivity contribution is -0.124. The first-order valence-electron chi connectivity index (χ1n) is 8.62. The molecule has 1 atom stereocenters. The molecule has 1 N–H and O–H groups in total. The molecule has 1 aromatic carbocycles. The lowest BCUT2D eigenvalue weighted by Crippen LogP contribution is -2.31. The summed E-state index contributed by atoms with van der Waals surface area (Å²) in [7, 11) is 0.